The molecule has 0 radical (unpaired) electrons. The van der Waals surface area contributed by atoms with E-state index in [2.05, 4.69) is 10.1 Å². The standard InChI is InChI=1S/C13H22N2O6/c1-3-9-8-15(6-7-21-9)13(19)14-10(12(17)18)4-5-11(16)20-2/h9-10H,3-8H2,1-2H3,(H,14,19)(H,17,18)/t9?,10-/m1/s1. The first-order chi connectivity index (χ1) is 9.97. The lowest BCUT2D eigenvalue weighted by atomic mass is 10.1. The van der Waals surface area contributed by atoms with Crippen molar-refractivity contribution in [3.05, 3.63) is 0 Å². The Morgan fingerprint density at radius 1 is 1.48 bits per heavy atom. The number of nitrogens with zero attached hydrogens (tertiary/aromatic N) is 1. The molecule has 21 heavy (non-hydrogen) atoms. The number of rotatable bonds is 6. The quantitative estimate of drug-likeness (QED) is 0.680. The van der Waals surface area contributed by atoms with Crippen LogP contribution in [0.15, 0.2) is 0 Å². The van der Waals surface area contributed by atoms with Crippen LogP contribution in [-0.4, -0.2) is 66.9 Å². The minimum Gasteiger partial charge on any atom is -0.480 e. The number of carbonyl (C=O) groups is 3. The minimum absolute atomic E-state index is 0.00467. The van der Waals surface area contributed by atoms with Crippen LogP contribution in [0, 0.1) is 0 Å². The number of ether oxygens (including phenoxy) is 2. The number of urea groups is 1. The number of carbonyl (C=O) groups excluding carboxylic acids is 2. The molecule has 0 bridgehead atoms. The van der Waals surface area contributed by atoms with Crippen LogP contribution in [0.4, 0.5) is 4.79 Å². The highest BCUT2D eigenvalue weighted by Crippen LogP contribution is 2.09. The lowest BCUT2D eigenvalue weighted by molar-refractivity contribution is -0.142. The Morgan fingerprint density at radius 2 is 2.19 bits per heavy atom. The van der Waals surface area contributed by atoms with E-state index in [4.69, 9.17) is 9.84 Å². The van der Waals surface area contributed by atoms with Gasteiger partial charge in [0.1, 0.15) is 6.04 Å². The Kier molecular flexibility index (Phi) is 6.93. The molecular formula is C13H22N2O6. The molecule has 2 amide bonds. The second-order valence-electron chi connectivity index (χ2n) is 4.80. The smallest absolute Gasteiger partial charge is 0.326 e. The maximum Gasteiger partial charge on any atom is 0.326 e. The van der Waals surface area contributed by atoms with Crippen molar-refractivity contribution < 1.29 is 29.0 Å². The van der Waals surface area contributed by atoms with Gasteiger partial charge in [0.15, 0.2) is 0 Å². The summed E-state index contributed by atoms with van der Waals surface area (Å²) in [5, 5.41) is 11.5. The summed E-state index contributed by atoms with van der Waals surface area (Å²) in [7, 11) is 1.23. The van der Waals surface area contributed by atoms with Gasteiger partial charge in [0.2, 0.25) is 0 Å². The predicted molar refractivity (Wildman–Crippen MR) is 72.8 cm³/mol. The summed E-state index contributed by atoms with van der Waals surface area (Å²) in [6.07, 6.45) is 0.695. The summed E-state index contributed by atoms with van der Waals surface area (Å²) in [6.45, 7) is 3.26. The van der Waals surface area contributed by atoms with E-state index in [0.717, 1.165) is 6.42 Å². The average molecular weight is 302 g/mol. The fourth-order valence-corrected chi connectivity index (χ4v) is 2.01. The van der Waals surface area contributed by atoms with Crippen LogP contribution in [0.5, 0.6) is 0 Å². The molecule has 8 nitrogen and oxygen atoms in total. The second kappa shape index (κ2) is 8.46. The number of amides is 2. The molecule has 0 aliphatic carbocycles. The van der Waals surface area contributed by atoms with Crippen LogP contribution < -0.4 is 5.32 Å². The van der Waals surface area contributed by atoms with Crippen LogP contribution in [0.1, 0.15) is 26.2 Å². The Bertz CT molecular complexity index is 387. The van der Waals surface area contributed by atoms with Crippen LogP contribution in [-0.2, 0) is 19.1 Å². The molecule has 1 heterocycles. The lowest BCUT2D eigenvalue weighted by Crippen LogP contribution is -2.53. The van der Waals surface area contributed by atoms with Gasteiger partial charge in [-0.15, -0.1) is 0 Å². The molecule has 8 heteroatoms. The van der Waals surface area contributed by atoms with Gasteiger partial charge in [-0.3, -0.25) is 4.79 Å². The maximum absolute atomic E-state index is 12.1. The van der Waals surface area contributed by atoms with Gasteiger partial charge in [-0.25, -0.2) is 9.59 Å². The van der Waals surface area contributed by atoms with Gasteiger partial charge in [-0.2, -0.15) is 0 Å². The summed E-state index contributed by atoms with van der Waals surface area (Å²) in [6, 6.07) is -1.56. The highest BCUT2D eigenvalue weighted by atomic mass is 16.5. The van der Waals surface area contributed by atoms with Crippen molar-refractivity contribution in [2.24, 2.45) is 0 Å². The number of aliphatic carboxylic acids is 1. The van der Waals surface area contributed by atoms with Crippen molar-refractivity contribution in [1.29, 1.82) is 0 Å². The fourth-order valence-electron chi connectivity index (χ4n) is 2.01. The molecule has 1 aliphatic rings. The Labute approximate surface area is 123 Å². The number of hydrogen-bond acceptors (Lipinski definition) is 5. The topological polar surface area (TPSA) is 105 Å². The van der Waals surface area contributed by atoms with Crippen molar-refractivity contribution in [1.82, 2.24) is 10.2 Å². The Balaban J connectivity index is 2.51. The molecule has 1 aliphatic heterocycles. The third kappa shape index (κ3) is 5.58. The summed E-state index contributed by atoms with van der Waals surface area (Å²) in [5.41, 5.74) is 0. The zero-order valence-corrected chi connectivity index (χ0v) is 12.3. The van der Waals surface area contributed by atoms with Crippen molar-refractivity contribution in [3.63, 3.8) is 0 Å². The van der Waals surface area contributed by atoms with E-state index in [-0.39, 0.29) is 18.9 Å². The second-order valence-corrected chi connectivity index (χ2v) is 4.80. The number of morpholine rings is 1. The van der Waals surface area contributed by atoms with Gasteiger partial charge in [0, 0.05) is 19.5 Å². The molecular weight excluding hydrogens is 280 g/mol. The molecule has 1 unspecified atom stereocenters. The molecule has 1 saturated heterocycles. The van der Waals surface area contributed by atoms with E-state index in [9.17, 15) is 14.4 Å². The van der Waals surface area contributed by atoms with E-state index in [1.165, 1.54) is 12.0 Å². The maximum atomic E-state index is 12.1. The monoisotopic (exact) mass is 302 g/mol. The third-order valence-corrected chi connectivity index (χ3v) is 3.34. The number of carboxylic acids is 1. The first kappa shape index (κ1) is 17.2. The van der Waals surface area contributed by atoms with Crippen LogP contribution in [0.3, 0.4) is 0 Å². The molecule has 0 aromatic heterocycles. The van der Waals surface area contributed by atoms with Gasteiger partial charge in [-0.05, 0) is 12.8 Å². The van der Waals surface area contributed by atoms with Gasteiger partial charge in [0.05, 0.1) is 19.8 Å². The van der Waals surface area contributed by atoms with Crippen molar-refractivity contribution in [2.75, 3.05) is 26.8 Å². The molecule has 0 aromatic carbocycles. The number of carboxylic acid groups (broad SMARTS) is 1. The number of methoxy groups -OCH3 is 1. The van der Waals surface area contributed by atoms with Gasteiger partial charge >= 0.3 is 18.0 Å². The number of esters is 1. The number of hydrogen-bond donors (Lipinski definition) is 2. The summed E-state index contributed by atoms with van der Waals surface area (Å²) < 4.78 is 9.91. The minimum atomic E-state index is -1.17. The fraction of sp³-hybridized carbons (Fsp3) is 0.769. The highest BCUT2D eigenvalue weighted by Gasteiger charge is 2.27. The summed E-state index contributed by atoms with van der Waals surface area (Å²) in [4.78, 5) is 35.8. The van der Waals surface area contributed by atoms with E-state index < -0.39 is 24.0 Å². The summed E-state index contributed by atoms with van der Waals surface area (Å²) >= 11 is 0. The van der Waals surface area contributed by atoms with E-state index in [1.807, 2.05) is 6.92 Å². The lowest BCUT2D eigenvalue weighted by Gasteiger charge is -2.33. The largest absolute Gasteiger partial charge is 0.480 e. The Hall–Kier alpha value is -1.83. The zero-order chi connectivity index (χ0) is 15.8. The van der Waals surface area contributed by atoms with Gasteiger partial charge < -0.3 is 24.8 Å². The molecule has 2 atom stereocenters. The zero-order valence-electron chi connectivity index (χ0n) is 12.3. The highest BCUT2D eigenvalue weighted by molar-refractivity contribution is 5.83. The SMILES string of the molecule is CCC1CN(C(=O)N[C@H](CCC(=O)OC)C(=O)O)CCO1. The van der Waals surface area contributed by atoms with Gasteiger partial charge in [-0.1, -0.05) is 6.92 Å². The van der Waals surface area contributed by atoms with E-state index in [1.54, 1.807) is 0 Å². The van der Waals surface area contributed by atoms with Crippen LogP contribution in [0.2, 0.25) is 0 Å². The van der Waals surface area contributed by atoms with Crippen LogP contribution >= 0.6 is 0 Å². The molecule has 2 N–H and O–H groups in total. The molecule has 0 spiro atoms. The van der Waals surface area contributed by atoms with Gasteiger partial charge in [0.25, 0.3) is 0 Å². The normalized spacial score (nSPS) is 19.7. The number of nitrogens with one attached hydrogen (secondary N) is 1. The third-order valence-electron chi connectivity index (χ3n) is 3.34. The van der Waals surface area contributed by atoms with Crippen molar-refractivity contribution >= 4 is 18.0 Å². The van der Waals surface area contributed by atoms with E-state index in [0.29, 0.717) is 19.7 Å². The molecule has 120 valence electrons. The molecule has 0 aromatic rings. The molecule has 0 saturated carbocycles. The molecule has 1 fully saturated rings. The molecule has 1 rings (SSSR count). The predicted octanol–water partition coefficient (Wildman–Crippen LogP) is 0.213. The van der Waals surface area contributed by atoms with E-state index >= 15 is 0 Å². The van der Waals surface area contributed by atoms with Crippen molar-refractivity contribution in [3.8, 4) is 0 Å². The first-order valence-corrected chi connectivity index (χ1v) is 6.94. The first-order valence-electron chi connectivity index (χ1n) is 6.94. The van der Waals surface area contributed by atoms with Crippen LogP contribution in [0.25, 0.3) is 0 Å². The Morgan fingerprint density at radius 3 is 2.76 bits per heavy atom. The average Bonchev–Trinajstić information content (AvgIpc) is 2.50. The van der Waals surface area contributed by atoms with Crippen molar-refractivity contribution in [2.45, 2.75) is 38.3 Å². The summed E-state index contributed by atoms with van der Waals surface area (Å²) in [5.74, 6) is -1.68.